The van der Waals surface area contributed by atoms with Gasteiger partial charge in [-0.05, 0) is 50.2 Å². The average molecular weight is 297 g/mol. The van der Waals surface area contributed by atoms with Crippen molar-refractivity contribution in [1.82, 2.24) is 4.57 Å². The molecule has 3 rings (SSSR count). The first kappa shape index (κ1) is 14.3. The zero-order valence-corrected chi connectivity index (χ0v) is 12.7. The first-order chi connectivity index (χ1) is 10.5. The zero-order chi connectivity index (χ0) is 15.7. The third kappa shape index (κ3) is 2.72. The highest BCUT2D eigenvalue weighted by molar-refractivity contribution is 5.85. The highest BCUT2D eigenvalue weighted by Crippen LogP contribution is 2.29. The first-order valence-corrected chi connectivity index (χ1v) is 7.29. The van der Waals surface area contributed by atoms with Crippen molar-refractivity contribution in [2.45, 2.75) is 26.5 Å². The number of fused-ring (bicyclic) bond motifs is 1. The monoisotopic (exact) mass is 297 g/mol. The Morgan fingerprint density at radius 1 is 1.00 bits per heavy atom. The van der Waals surface area contributed by atoms with Crippen molar-refractivity contribution in [3.63, 3.8) is 0 Å². The molecule has 0 amide bonds. The highest BCUT2D eigenvalue weighted by atomic mass is 16.5. The second kappa shape index (κ2) is 5.64. The molecule has 3 aromatic rings. The SMILES string of the molecule is CC(C)n1cc(COc2ccc(O)cc2)c2ccc(O)cc21. The van der Waals surface area contributed by atoms with Gasteiger partial charge in [-0.2, -0.15) is 0 Å². The van der Waals surface area contributed by atoms with E-state index in [4.69, 9.17) is 4.74 Å². The molecule has 22 heavy (non-hydrogen) atoms. The lowest BCUT2D eigenvalue weighted by molar-refractivity contribution is 0.306. The number of phenolic OH excluding ortho intramolecular Hbond substituents is 2. The fourth-order valence-corrected chi connectivity index (χ4v) is 2.56. The molecule has 0 saturated carbocycles. The molecule has 0 radical (unpaired) electrons. The number of aromatic nitrogens is 1. The van der Waals surface area contributed by atoms with E-state index < -0.39 is 0 Å². The van der Waals surface area contributed by atoms with Gasteiger partial charge in [0.05, 0.1) is 5.52 Å². The number of ether oxygens (including phenoxy) is 1. The van der Waals surface area contributed by atoms with E-state index in [0.29, 0.717) is 18.4 Å². The summed E-state index contributed by atoms with van der Waals surface area (Å²) in [5, 5.41) is 20.1. The summed E-state index contributed by atoms with van der Waals surface area (Å²) in [6.45, 7) is 4.65. The summed E-state index contributed by atoms with van der Waals surface area (Å²) in [5.74, 6) is 1.19. The lowest BCUT2D eigenvalue weighted by atomic mass is 10.2. The van der Waals surface area contributed by atoms with Crippen LogP contribution in [0.4, 0.5) is 0 Å². The molecule has 0 saturated heterocycles. The molecule has 2 aromatic carbocycles. The van der Waals surface area contributed by atoms with Crippen LogP contribution in [0.2, 0.25) is 0 Å². The van der Waals surface area contributed by atoms with Crippen molar-refractivity contribution in [2.75, 3.05) is 0 Å². The predicted octanol–water partition coefficient (Wildman–Crippen LogP) is 4.21. The molecule has 0 unspecified atom stereocenters. The van der Waals surface area contributed by atoms with Gasteiger partial charge in [0.2, 0.25) is 0 Å². The molecule has 4 heteroatoms. The van der Waals surface area contributed by atoms with Crippen LogP contribution in [0.25, 0.3) is 10.9 Å². The maximum atomic E-state index is 9.71. The van der Waals surface area contributed by atoms with E-state index in [1.165, 1.54) is 0 Å². The fourth-order valence-electron chi connectivity index (χ4n) is 2.56. The molecule has 1 aromatic heterocycles. The Balaban J connectivity index is 1.91. The molecule has 0 spiro atoms. The van der Waals surface area contributed by atoms with Crippen LogP contribution in [0.3, 0.4) is 0 Å². The molecule has 0 fully saturated rings. The molecule has 0 aliphatic rings. The number of hydrogen-bond donors (Lipinski definition) is 2. The van der Waals surface area contributed by atoms with Gasteiger partial charge in [0.25, 0.3) is 0 Å². The first-order valence-electron chi connectivity index (χ1n) is 7.29. The number of nitrogens with zero attached hydrogens (tertiary/aromatic N) is 1. The van der Waals surface area contributed by atoms with Crippen LogP contribution in [0.5, 0.6) is 17.2 Å². The molecule has 0 bridgehead atoms. The minimum absolute atomic E-state index is 0.222. The number of aromatic hydroxyl groups is 2. The van der Waals surface area contributed by atoms with Gasteiger partial charge in [0.1, 0.15) is 23.9 Å². The molecule has 0 aliphatic carbocycles. The number of benzene rings is 2. The van der Waals surface area contributed by atoms with Crippen molar-refractivity contribution in [2.24, 2.45) is 0 Å². The van der Waals surface area contributed by atoms with E-state index in [2.05, 4.69) is 24.6 Å². The Morgan fingerprint density at radius 3 is 2.36 bits per heavy atom. The van der Waals surface area contributed by atoms with Crippen LogP contribution in [0.1, 0.15) is 25.5 Å². The normalized spacial score (nSPS) is 11.2. The van der Waals surface area contributed by atoms with Gasteiger partial charge in [0.15, 0.2) is 0 Å². The van der Waals surface area contributed by atoms with Gasteiger partial charge in [-0.1, -0.05) is 0 Å². The van der Waals surface area contributed by atoms with Gasteiger partial charge < -0.3 is 19.5 Å². The topological polar surface area (TPSA) is 54.6 Å². The van der Waals surface area contributed by atoms with E-state index in [9.17, 15) is 10.2 Å². The second-order valence-electron chi connectivity index (χ2n) is 5.64. The Kier molecular flexibility index (Phi) is 3.67. The number of rotatable bonds is 4. The van der Waals surface area contributed by atoms with Crippen molar-refractivity contribution in [3.05, 3.63) is 54.2 Å². The highest BCUT2D eigenvalue weighted by Gasteiger charge is 2.12. The number of phenols is 2. The van der Waals surface area contributed by atoms with Crippen LogP contribution >= 0.6 is 0 Å². The van der Waals surface area contributed by atoms with Gasteiger partial charge in [-0.3, -0.25) is 0 Å². The maximum Gasteiger partial charge on any atom is 0.120 e. The van der Waals surface area contributed by atoms with E-state index in [1.54, 1.807) is 36.4 Å². The minimum atomic E-state index is 0.222. The Labute approximate surface area is 129 Å². The summed E-state index contributed by atoms with van der Waals surface area (Å²) >= 11 is 0. The van der Waals surface area contributed by atoms with E-state index in [1.807, 2.05) is 6.07 Å². The Bertz CT molecular complexity index is 788. The Hall–Kier alpha value is -2.62. The molecule has 0 aliphatic heterocycles. The lowest BCUT2D eigenvalue weighted by Crippen LogP contribution is -1.98. The molecular formula is C18H19NO3. The van der Waals surface area contributed by atoms with Crippen molar-refractivity contribution in [3.8, 4) is 17.2 Å². The summed E-state index contributed by atoms with van der Waals surface area (Å²) in [5.41, 5.74) is 2.07. The van der Waals surface area contributed by atoms with Crippen molar-refractivity contribution in [1.29, 1.82) is 0 Å². The molecule has 4 nitrogen and oxygen atoms in total. The molecule has 0 atom stereocenters. The molecule has 114 valence electrons. The summed E-state index contributed by atoms with van der Waals surface area (Å²) in [4.78, 5) is 0. The van der Waals surface area contributed by atoms with Crippen LogP contribution < -0.4 is 4.74 Å². The third-order valence-corrected chi connectivity index (χ3v) is 3.69. The zero-order valence-electron chi connectivity index (χ0n) is 12.7. The molecular weight excluding hydrogens is 278 g/mol. The van der Waals surface area contributed by atoms with Gasteiger partial charge in [0, 0.05) is 29.3 Å². The standard InChI is InChI=1S/C18H19NO3/c1-12(2)19-10-13(17-8-5-15(21)9-18(17)19)11-22-16-6-3-14(20)4-7-16/h3-10,12,20-21H,11H2,1-2H3. The summed E-state index contributed by atoms with van der Waals surface area (Å²) in [6.07, 6.45) is 2.06. The molecule has 2 N–H and O–H groups in total. The smallest absolute Gasteiger partial charge is 0.120 e. The second-order valence-corrected chi connectivity index (χ2v) is 5.64. The predicted molar refractivity (Wildman–Crippen MR) is 86.4 cm³/mol. The summed E-state index contributed by atoms with van der Waals surface area (Å²) in [7, 11) is 0. The maximum absolute atomic E-state index is 9.71. The molecule has 1 heterocycles. The van der Waals surface area contributed by atoms with E-state index in [-0.39, 0.29) is 11.5 Å². The van der Waals surface area contributed by atoms with E-state index >= 15 is 0 Å². The van der Waals surface area contributed by atoms with Crippen LogP contribution in [0.15, 0.2) is 48.7 Å². The quantitative estimate of drug-likeness (QED) is 0.758. The van der Waals surface area contributed by atoms with Crippen LogP contribution in [-0.4, -0.2) is 14.8 Å². The Morgan fingerprint density at radius 2 is 1.68 bits per heavy atom. The van der Waals surface area contributed by atoms with Crippen molar-refractivity contribution >= 4 is 10.9 Å². The van der Waals surface area contributed by atoms with Crippen molar-refractivity contribution < 1.29 is 14.9 Å². The summed E-state index contributed by atoms with van der Waals surface area (Å²) < 4.78 is 7.92. The van der Waals surface area contributed by atoms with Crippen LogP contribution in [-0.2, 0) is 6.61 Å². The van der Waals surface area contributed by atoms with Gasteiger partial charge in [-0.15, -0.1) is 0 Å². The largest absolute Gasteiger partial charge is 0.508 e. The average Bonchev–Trinajstić information content (AvgIpc) is 2.85. The summed E-state index contributed by atoms with van der Waals surface area (Å²) in [6, 6.07) is 12.4. The van der Waals surface area contributed by atoms with Gasteiger partial charge >= 0.3 is 0 Å². The number of hydrogen-bond acceptors (Lipinski definition) is 3. The minimum Gasteiger partial charge on any atom is -0.508 e. The van der Waals surface area contributed by atoms with Crippen LogP contribution in [0, 0.1) is 0 Å². The van der Waals surface area contributed by atoms with Gasteiger partial charge in [-0.25, -0.2) is 0 Å². The fraction of sp³-hybridized carbons (Fsp3) is 0.222. The lowest BCUT2D eigenvalue weighted by Gasteiger charge is -2.08. The third-order valence-electron chi connectivity index (χ3n) is 3.69. The van der Waals surface area contributed by atoms with E-state index in [0.717, 1.165) is 16.5 Å².